The molecule has 5 heteroatoms. The molecular weight excluding hydrogens is 878 g/mol. The number of hydrogen-bond acceptors (Lipinski definition) is 4. The smallest absolute Gasteiger partial charge is 0.0551 e. The number of rotatable bonds is 5. The van der Waals surface area contributed by atoms with Crippen molar-refractivity contribution in [2.75, 3.05) is 9.80 Å². The topological polar surface area (TPSA) is 28.6 Å². The van der Waals surface area contributed by atoms with E-state index in [2.05, 4.69) is 177 Å². The van der Waals surface area contributed by atoms with Gasteiger partial charge in [0.05, 0.1) is 5.41 Å². The third-order valence-corrected chi connectivity index (χ3v) is 11.7. The maximum Gasteiger partial charge on any atom is 0.0551 e. The summed E-state index contributed by atoms with van der Waals surface area (Å²) in [4.78, 5) is 9.37. The van der Waals surface area contributed by atoms with Crippen LogP contribution in [0.4, 0.5) is 22.7 Å². The van der Waals surface area contributed by atoms with E-state index in [4.69, 9.17) is 9.72 Å². The minimum atomic E-state index is -0.536. The standard InChI is InChI=1S/C52H36N3O.Pt/c1-33-27-34(2)51(35(3)28-33)55-32-54(48-24-10-11-25-49(48)55)36-15-14-16-37(29-36)56-38-30-42(47-23-12-13-26-53-47)50-41-19-6-9-22-45(41)52(46(50)31-38)43-20-7-4-17-39(43)40-18-5-8-21-44(40)52;/h4-28,31-32H,1-3H3;/q-3;. The van der Waals surface area contributed by atoms with Crippen molar-refractivity contribution in [1.82, 2.24) is 4.98 Å². The summed E-state index contributed by atoms with van der Waals surface area (Å²) in [5.41, 5.74) is 19.1. The fourth-order valence-corrected chi connectivity index (χ4v) is 9.67. The zero-order chi connectivity index (χ0) is 37.5. The van der Waals surface area contributed by atoms with Crippen LogP contribution in [-0.2, 0) is 26.5 Å². The second-order valence-corrected chi connectivity index (χ2v) is 15.0. The molecule has 3 aliphatic rings. The molecule has 0 amide bonds. The number of pyridine rings is 1. The molecule has 2 heterocycles. The Kier molecular flexibility index (Phi) is 8.32. The average molecular weight is 914 g/mol. The van der Waals surface area contributed by atoms with Crippen LogP contribution in [0, 0.1) is 39.6 Å². The Bertz CT molecular complexity index is 2820. The predicted molar refractivity (Wildman–Crippen MR) is 226 cm³/mol. The van der Waals surface area contributed by atoms with Gasteiger partial charge >= 0.3 is 0 Å². The van der Waals surface area contributed by atoms with Crippen LogP contribution in [0.3, 0.4) is 0 Å². The summed E-state index contributed by atoms with van der Waals surface area (Å²) in [6.07, 6.45) is 1.85. The molecule has 11 rings (SSSR count). The first-order valence-electron chi connectivity index (χ1n) is 19.1. The maximum atomic E-state index is 6.90. The van der Waals surface area contributed by atoms with E-state index in [-0.39, 0.29) is 21.1 Å². The van der Waals surface area contributed by atoms with Crippen molar-refractivity contribution in [1.29, 1.82) is 0 Å². The van der Waals surface area contributed by atoms with Crippen LogP contribution >= 0.6 is 0 Å². The molecule has 0 unspecified atom stereocenters. The quantitative estimate of drug-likeness (QED) is 0.161. The first kappa shape index (κ1) is 35.2. The fraction of sp³-hybridized carbons (Fsp3) is 0.0769. The molecule has 0 fully saturated rings. The molecule has 4 nitrogen and oxygen atoms in total. The summed E-state index contributed by atoms with van der Waals surface area (Å²) in [5.74, 6) is 1.22. The number of nitrogens with zero attached hydrogens (tertiary/aromatic N) is 3. The normalized spacial score (nSPS) is 13.7. The first-order valence-corrected chi connectivity index (χ1v) is 19.1. The molecule has 278 valence electrons. The van der Waals surface area contributed by atoms with Crippen molar-refractivity contribution >= 4 is 22.7 Å². The van der Waals surface area contributed by atoms with Gasteiger partial charge in [-0.15, -0.1) is 36.1 Å². The summed E-state index contributed by atoms with van der Waals surface area (Å²) >= 11 is 0. The number of anilines is 4. The predicted octanol–water partition coefficient (Wildman–Crippen LogP) is 12.8. The Morgan fingerprint density at radius 3 is 1.82 bits per heavy atom. The van der Waals surface area contributed by atoms with Crippen LogP contribution in [0.2, 0.25) is 0 Å². The number of hydrogen-bond donors (Lipinski definition) is 0. The van der Waals surface area contributed by atoms with Crippen LogP contribution in [0.25, 0.3) is 33.5 Å². The number of aryl methyl sites for hydroxylation is 3. The summed E-state index contributed by atoms with van der Waals surface area (Å²) in [5, 5.41) is 0. The molecule has 1 spiro atoms. The molecule has 57 heavy (non-hydrogen) atoms. The van der Waals surface area contributed by atoms with Crippen LogP contribution < -0.4 is 14.5 Å². The molecule has 0 saturated carbocycles. The number of ether oxygens (including phenoxy) is 1. The molecule has 2 aliphatic carbocycles. The molecule has 0 saturated heterocycles. The van der Waals surface area contributed by atoms with Crippen LogP contribution in [0.5, 0.6) is 11.5 Å². The fourth-order valence-electron chi connectivity index (χ4n) is 9.67. The zero-order valence-corrected chi connectivity index (χ0v) is 33.9. The van der Waals surface area contributed by atoms with Gasteiger partial charge in [-0.1, -0.05) is 144 Å². The largest absolute Gasteiger partial charge is 0.503 e. The van der Waals surface area contributed by atoms with E-state index in [0.717, 1.165) is 33.9 Å². The molecule has 0 N–H and O–H groups in total. The van der Waals surface area contributed by atoms with Crippen molar-refractivity contribution < 1.29 is 25.8 Å². The summed E-state index contributed by atoms with van der Waals surface area (Å²) in [6, 6.07) is 61.3. The van der Waals surface area contributed by atoms with Crippen molar-refractivity contribution in [3.05, 3.63) is 216 Å². The van der Waals surface area contributed by atoms with Crippen LogP contribution in [0.1, 0.15) is 38.9 Å². The molecule has 1 aromatic heterocycles. The average Bonchev–Trinajstić information content (AvgIpc) is 3.85. The van der Waals surface area contributed by atoms with Crippen molar-refractivity contribution in [2.45, 2.75) is 26.2 Å². The Morgan fingerprint density at radius 2 is 1.16 bits per heavy atom. The van der Waals surface area contributed by atoms with E-state index in [1.807, 2.05) is 30.5 Å². The summed E-state index contributed by atoms with van der Waals surface area (Å²) < 4.78 is 6.90. The van der Waals surface area contributed by atoms with Gasteiger partial charge in [0.25, 0.3) is 0 Å². The van der Waals surface area contributed by atoms with E-state index < -0.39 is 5.41 Å². The Balaban J connectivity index is 0.00000396. The zero-order valence-electron chi connectivity index (χ0n) is 31.7. The van der Waals surface area contributed by atoms with Gasteiger partial charge in [0.15, 0.2) is 0 Å². The van der Waals surface area contributed by atoms with Crippen molar-refractivity contribution in [3.8, 4) is 45.0 Å². The number of benzene rings is 7. The molecule has 0 radical (unpaired) electrons. The van der Waals surface area contributed by atoms with Crippen molar-refractivity contribution in [2.24, 2.45) is 0 Å². The third-order valence-electron chi connectivity index (χ3n) is 11.7. The first-order chi connectivity index (χ1) is 27.5. The van der Waals surface area contributed by atoms with E-state index >= 15 is 0 Å². The van der Waals surface area contributed by atoms with Gasteiger partial charge in [0, 0.05) is 55.8 Å². The monoisotopic (exact) mass is 913 g/mol. The van der Waals surface area contributed by atoms with E-state index in [9.17, 15) is 0 Å². The number of fused-ring (bicyclic) bond motifs is 11. The number of para-hydroxylation sites is 2. The maximum absolute atomic E-state index is 6.90. The van der Waals surface area contributed by atoms with E-state index in [0.29, 0.717) is 11.5 Å². The van der Waals surface area contributed by atoms with Gasteiger partial charge in [-0.05, 0) is 83.6 Å². The molecule has 7 aromatic carbocycles. The minimum absolute atomic E-state index is 0. The second-order valence-electron chi connectivity index (χ2n) is 15.0. The SMILES string of the molecule is Cc1cc(C)c(N2[CH-]N(c3[c-]c(Oc4[c-]c(-c5ccccn5)c5c(c4)C4(c6ccccc6-c6ccccc64)c4ccccc4-5)ccc3)c3ccccc32)c(C)c1.[Pt]. The van der Waals surface area contributed by atoms with Gasteiger partial charge in [0.2, 0.25) is 0 Å². The second kappa shape index (κ2) is 13.5. The summed E-state index contributed by atoms with van der Waals surface area (Å²) in [7, 11) is 0. The van der Waals surface area contributed by atoms with E-state index in [1.165, 1.54) is 61.3 Å². The Morgan fingerprint density at radius 1 is 0.561 bits per heavy atom. The molecule has 0 bridgehead atoms. The van der Waals surface area contributed by atoms with Gasteiger partial charge < -0.3 is 19.5 Å². The van der Waals surface area contributed by atoms with Crippen LogP contribution in [0.15, 0.2) is 158 Å². The molecule has 0 atom stereocenters. The van der Waals surface area contributed by atoms with Gasteiger partial charge in [-0.3, -0.25) is 0 Å². The summed E-state index contributed by atoms with van der Waals surface area (Å²) in [6.45, 7) is 8.70. The Hall–Kier alpha value is -6.22. The number of aromatic nitrogens is 1. The van der Waals surface area contributed by atoms with E-state index in [1.54, 1.807) is 0 Å². The molecular formula is C52H36N3OPt-3. The molecule has 1 aliphatic heterocycles. The molecule has 8 aromatic rings. The third kappa shape index (κ3) is 5.20. The van der Waals surface area contributed by atoms with Gasteiger partial charge in [-0.2, -0.15) is 6.07 Å². The Labute approximate surface area is 348 Å². The minimum Gasteiger partial charge on any atom is -0.503 e. The van der Waals surface area contributed by atoms with Crippen molar-refractivity contribution in [3.63, 3.8) is 0 Å². The van der Waals surface area contributed by atoms with Crippen LogP contribution in [-0.4, -0.2) is 4.98 Å². The van der Waals surface area contributed by atoms with Gasteiger partial charge in [0.1, 0.15) is 0 Å². The van der Waals surface area contributed by atoms with Gasteiger partial charge in [-0.25, -0.2) is 0 Å².